The summed E-state index contributed by atoms with van der Waals surface area (Å²) in [6.07, 6.45) is 6.41. The minimum Gasteiger partial charge on any atom is -0.298 e. The number of alkyl halides is 1. The van der Waals surface area contributed by atoms with Gasteiger partial charge in [0.2, 0.25) is 0 Å². The Bertz CT molecular complexity index is 177. The van der Waals surface area contributed by atoms with E-state index in [2.05, 4.69) is 6.58 Å². The predicted octanol–water partition coefficient (Wildman–Crippen LogP) is 2.79. The number of hydrogen-bond acceptors (Lipinski definition) is 1. The van der Waals surface area contributed by atoms with E-state index in [4.69, 9.17) is 11.6 Å². The molecule has 68 valence electrons. The standard InChI is InChI=1S/C10H15ClO/c1-2-8-5-3-4-6-9(8)10(12)7-11/h2,8-9H,1,3-7H2. The summed E-state index contributed by atoms with van der Waals surface area (Å²) in [6, 6.07) is 0. The Kier molecular flexibility index (Phi) is 3.80. The highest BCUT2D eigenvalue weighted by atomic mass is 35.5. The van der Waals surface area contributed by atoms with Gasteiger partial charge in [-0.15, -0.1) is 18.2 Å². The topological polar surface area (TPSA) is 17.1 Å². The van der Waals surface area contributed by atoms with Crippen LogP contribution in [0.3, 0.4) is 0 Å². The molecule has 0 radical (unpaired) electrons. The van der Waals surface area contributed by atoms with Crippen LogP contribution in [0.15, 0.2) is 12.7 Å². The van der Waals surface area contributed by atoms with Crippen LogP contribution in [0.2, 0.25) is 0 Å². The Balaban J connectivity index is 2.58. The van der Waals surface area contributed by atoms with E-state index in [1.54, 1.807) is 0 Å². The van der Waals surface area contributed by atoms with Gasteiger partial charge < -0.3 is 0 Å². The molecule has 0 heterocycles. The monoisotopic (exact) mass is 186 g/mol. The van der Waals surface area contributed by atoms with Gasteiger partial charge in [-0.25, -0.2) is 0 Å². The summed E-state index contributed by atoms with van der Waals surface area (Å²) in [5.41, 5.74) is 0. The molecular formula is C10H15ClO. The number of Topliss-reactive ketones (excluding diaryl/α,β-unsaturated/α-hetero) is 1. The molecule has 0 spiro atoms. The number of rotatable bonds is 3. The van der Waals surface area contributed by atoms with Gasteiger partial charge in [0.1, 0.15) is 0 Å². The predicted molar refractivity (Wildman–Crippen MR) is 51.4 cm³/mol. The fraction of sp³-hybridized carbons (Fsp3) is 0.700. The molecule has 0 bridgehead atoms. The molecule has 1 fully saturated rings. The average molecular weight is 187 g/mol. The molecule has 12 heavy (non-hydrogen) atoms. The molecule has 1 aliphatic carbocycles. The number of allylic oxidation sites excluding steroid dienone is 1. The molecule has 1 nitrogen and oxygen atoms in total. The number of ketones is 1. The molecule has 0 aliphatic heterocycles. The molecule has 0 N–H and O–H groups in total. The summed E-state index contributed by atoms with van der Waals surface area (Å²) in [7, 11) is 0. The zero-order chi connectivity index (χ0) is 8.97. The van der Waals surface area contributed by atoms with Crippen LogP contribution < -0.4 is 0 Å². The highest BCUT2D eigenvalue weighted by Gasteiger charge is 2.27. The van der Waals surface area contributed by atoms with E-state index in [-0.39, 0.29) is 17.6 Å². The van der Waals surface area contributed by atoms with Crippen molar-refractivity contribution in [1.82, 2.24) is 0 Å². The van der Waals surface area contributed by atoms with E-state index < -0.39 is 0 Å². The van der Waals surface area contributed by atoms with Crippen molar-refractivity contribution in [2.45, 2.75) is 25.7 Å². The molecule has 2 unspecified atom stereocenters. The quantitative estimate of drug-likeness (QED) is 0.490. The fourth-order valence-electron chi connectivity index (χ4n) is 1.94. The molecule has 1 rings (SSSR count). The van der Waals surface area contributed by atoms with Crippen LogP contribution in [0, 0.1) is 11.8 Å². The van der Waals surface area contributed by atoms with Gasteiger partial charge in [-0.3, -0.25) is 4.79 Å². The van der Waals surface area contributed by atoms with Crippen LogP contribution in [0.4, 0.5) is 0 Å². The van der Waals surface area contributed by atoms with E-state index in [0.717, 1.165) is 19.3 Å². The average Bonchev–Trinajstić information content (AvgIpc) is 2.16. The summed E-state index contributed by atoms with van der Waals surface area (Å²) in [5, 5.41) is 0. The molecule has 1 aliphatic rings. The normalized spacial score (nSPS) is 29.8. The van der Waals surface area contributed by atoms with Crippen molar-refractivity contribution in [3.63, 3.8) is 0 Å². The molecule has 0 aromatic rings. The molecule has 0 aromatic heterocycles. The first-order valence-electron chi connectivity index (χ1n) is 4.51. The summed E-state index contributed by atoms with van der Waals surface area (Å²) in [4.78, 5) is 11.4. The van der Waals surface area contributed by atoms with Crippen molar-refractivity contribution in [1.29, 1.82) is 0 Å². The van der Waals surface area contributed by atoms with Crippen molar-refractivity contribution in [3.8, 4) is 0 Å². The van der Waals surface area contributed by atoms with E-state index in [9.17, 15) is 4.79 Å². The van der Waals surface area contributed by atoms with Gasteiger partial charge in [0.15, 0.2) is 5.78 Å². The lowest BCUT2D eigenvalue weighted by Gasteiger charge is -2.27. The van der Waals surface area contributed by atoms with Crippen LogP contribution in [0.5, 0.6) is 0 Å². The van der Waals surface area contributed by atoms with E-state index in [0.29, 0.717) is 5.92 Å². The van der Waals surface area contributed by atoms with Crippen LogP contribution in [0.1, 0.15) is 25.7 Å². The van der Waals surface area contributed by atoms with Gasteiger partial charge in [-0.1, -0.05) is 18.9 Å². The second-order valence-corrected chi connectivity index (χ2v) is 3.66. The molecule has 0 aromatic carbocycles. The Labute approximate surface area is 78.8 Å². The van der Waals surface area contributed by atoms with Crippen LogP contribution in [-0.2, 0) is 4.79 Å². The van der Waals surface area contributed by atoms with E-state index in [1.165, 1.54) is 6.42 Å². The highest BCUT2D eigenvalue weighted by Crippen LogP contribution is 2.31. The maximum Gasteiger partial charge on any atom is 0.151 e. The largest absolute Gasteiger partial charge is 0.298 e. The number of halogens is 1. The zero-order valence-corrected chi connectivity index (χ0v) is 8.02. The lowest BCUT2D eigenvalue weighted by Crippen LogP contribution is -2.26. The Morgan fingerprint density at radius 3 is 2.75 bits per heavy atom. The van der Waals surface area contributed by atoms with Crippen molar-refractivity contribution in [3.05, 3.63) is 12.7 Å². The van der Waals surface area contributed by atoms with Crippen LogP contribution in [0.25, 0.3) is 0 Å². The maximum atomic E-state index is 11.4. The van der Waals surface area contributed by atoms with Gasteiger partial charge in [-0.05, 0) is 18.8 Å². The Hall–Kier alpha value is -0.300. The van der Waals surface area contributed by atoms with Gasteiger partial charge in [-0.2, -0.15) is 0 Å². The third-order valence-electron chi connectivity index (χ3n) is 2.67. The first-order chi connectivity index (χ1) is 5.79. The lowest BCUT2D eigenvalue weighted by molar-refractivity contribution is -0.122. The minimum atomic E-state index is 0.161. The summed E-state index contributed by atoms with van der Waals surface area (Å²) < 4.78 is 0. The van der Waals surface area contributed by atoms with Crippen LogP contribution in [-0.4, -0.2) is 11.7 Å². The highest BCUT2D eigenvalue weighted by molar-refractivity contribution is 6.27. The fourth-order valence-corrected chi connectivity index (χ4v) is 2.14. The van der Waals surface area contributed by atoms with Gasteiger partial charge in [0.25, 0.3) is 0 Å². The number of carbonyl (C=O) groups excluding carboxylic acids is 1. The molecular weight excluding hydrogens is 172 g/mol. The number of hydrogen-bond donors (Lipinski definition) is 0. The second-order valence-electron chi connectivity index (χ2n) is 3.39. The van der Waals surface area contributed by atoms with E-state index in [1.807, 2.05) is 6.08 Å². The first kappa shape index (κ1) is 9.79. The van der Waals surface area contributed by atoms with Gasteiger partial charge in [0.05, 0.1) is 5.88 Å². The van der Waals surface area contributed by atoms with Crippen molar-refractivity contribution < 1.29 is 4.79 Å². The molecule has 2 atom stereocenters. The third kappa shape index (κ3) is 2.10. The molecule has 0 saturated heterocycles. The Morgan fingerprint density at radius 1 is 1.50 bits per heavy atom. The van der Waals surface area contributed by atoms with Gasteiger partial charge in [0, 0.05) is 5.92 Å². The van der Waals surface area contributed by atoms with Crippen molar-refractivity contribution >= 4 is 17.4 Å². The second kappa shape index (κ2) is 4.66. The summed E-state index contributed by atoms with van der Waals surface area (Å²) in [5.74, 6) is 0.898. The SMILES string of the molecule is C=CC1CCCCC1C(=O)CCl. The molecule has 1 saturated carbocycles. The molecule has 2 heteroatoms. The maximum absolute atomic E-state index is 11.4. The minimum absolute atomic E-state index is 0.161. The molecule has 0 amide bonds. The zero-order valence-electron chi connectivity index (χ0n) is 7.26. The van der Waals surface area contributed by atoms with Crippen molar-refractivity contribution in [2.24, 2.45) is 11.8 Å². The summed E-state index contributed by atoms with van der Waals surface area (Å²) >= 11 is 5.52. The van der Waals surface area contributed by atoms with E-state index >= 15 is 0 Å². The smallest absolute Gasteiger partial charge is 0.151 e. The summed E-state index contributed by atoms with van der Waals surface area (Å²) in [6.45, 7) is 3.76. The lowest BCUT2D eigenvalue weighted by atomic mass is 9.77. The first-order valence-corrected chi connectivity index (χ1v) is 5.04. The Morgan fingerprint density at radius 2 is 2.17 bits per heavy atom. The van der Waals surface area contributed by atoms with Crippen molar-refractivity contribution in [2.75, 3.05) is 5.88 Å². The number of carbonyl (C=O) groups is 1. The third-order valence-corrected chi connectivity index (χ3v) is 2.93. The van der Waals surface area contributed by atoms with Gasteiger partial charge >= 0.3 is 0 Å². The van der Waals surface area contributed by atoms with Crippen LogP contribution >= 0.6 is 11.6 Å².